The Morgan fingerprint density at radius 3 is 2.67 bits per heavy atom. The molecule has 0 bridgehead atoms. The lowest BCUT2D eigenvalue weighted by Gasteiger charge is -2.33. The molecule has 7 nitrogen and oxygen atoms in total. The van der Waals surface area contributed by atoms with Gasteiger partial charge in [0.15, 0.2) is 4.90 Å². The van der Waals surface area contributed by atoms with Crippen molar-refractivity contribution >= 4 is 37.3 Å². The average Bonchev–Trinajstić information content (AvgIpc) is 2.53. The number of halogens is 1. The van der Waals surface area contributed by atoms with Crippen LogP contribution in [0.1, 0.15) is 5.56 Å². The first-order valence-corrected chi connectivity index (χ1v) is 9.34. The van der Waals surface area contributed by atoms with E-state index in [0.29, 0.717) is 12.1 Å². The van der Waals surface area contributed by atoms with Crippen LogP contribution >= 0.6 is 15.9 Å². The van der Waals surface area contributed by atoms with Gasteiger partial charge >= 0.3 is 0 Å². The van der Waals surface area contributed by atoms with Crippen LogP contribution in [0.5, 0.6) is 0 Å². The molecule has 9 heteroatoms. The Hall–Kier alpha value is -1.97. The van der Waals surface area contributed by atoms with Gasteiger partial charge in [-0.2, -0.15) is 0 Å². The molecule has 0 spiro atoms. The minimum atomic E-state index is -4.10. The van der Waals surface area contributed by atoms with Gasteiger partial charge in [-0.1, -0.05) is 28.1 Å². The van der Waals surface area contributed by atoms with Crippen molar-refractivity contribution in [3.63, 3.8) is 0 Å². The third-order valence-corrected chi connectivity index (χ3v) is 6.14. The third-order valence-electron chi connectivity index (χ3n) is 3.82. The first kappa shape index (κ1) is 16.9. The van der Waals surface area contributed by atoms with Crippen molar-refractivity contribution in [3.05, 3.63) is 62.6 Å². The zero-order valence-corrected chi connectivity index (χ0v) is 14.8. The number of nitrogens with zero attached hydrogens (tertiary/aromatic N) is 2. The monoisotopic (exact) mass is 411 g/mol. The molecule has 3 rings (SSSR count). The van der Waals surface area contributed by atoms with Crippen LogP contribution in [-0.4, -0.2) is 25.9 Å². The summed E-state index contributed by atoms with van der Waals surface area (Å²) in [5, 5.41) is 11.2. The summed E-state index contributed by atoms with van der Waals surface area (Å²) in [6.45, 7) is 0.0724. The summed E-state index contributed by atoms with van der Waals surface area (Å²) in [5.74, 6) is 0. The first-order chi connectivity index (χ1) is 11.3. The highest BCUT2D eigenvalue weighted by Gasteiger charge is 2.36. The van der Waals surface area contributed by atoms with E-state index in [-0.39, 0.29) is 17.5 Å². The Kier molecular flexibility index (Phi) is 4.33. The van der Waals surface area contributed by atoms with Crippen LogP contribution in [-0.2, 0) is 16.4 Å². The fourth-order valence-corrected chi connectivity index (χ4v) is 4.92. The molecule has 0 radical (unpaired) electrons. The number of nitrogens with two attached hydrogens (primary N) is 1. The maximum Gasteiger partial charge on any atom is 0.289 e. The van der Waals surface area contributed by atoms with Crippen molar-refractivity contribution in [1.29, 1.82) is 0 Å². The Morgan fingerprint density at radius 2 is 1.96 bits per heavy atom. The van der Waals surface area contributed by atoms with Gasteiger partial charge in [-0.3, -0.25) is 14.4 Å². The molecule has 1 unspecified atom stereocenters. The van der Waals surface area contributed by atoms with Gasteiger partial charge in [-0.15, -0.1) is 0 Å². The zero-order valence-electron chi connectivity index (χ0n) is 12.4. The third kappa shape index (κ3) is 2.90. The lowest BCUT2D eigenvalue weighted by molar-refractivity contribution is -0.387. The molecule has 126 valence electrons. The van der Waals surface area contributed by atoms with Crippen molar-refractivity contribution in [3.8, 4) is 0 Å². The van der Waals surface area contributed by atoms with E-state index in [0.717, 1.165) is 14.3 Å². The predicted molar refractivity (Wildman–Crippen MR) is 93.4 cm³/mol. The van der Waals surface area contributed by atoms with Crippen molar-refractivity contribution in [2.45, 2.75) is 17.4 Å². The predicted octanol–water partition coefficient (Wildman–Crippen LogP) is 2.44. The fourth-order valence-electron chi connectivity index (χ4n) is 2.79. The number of benzene rings is 2. The number of fused-ring (bicyclic) bond motifs is 1. The minimum absolute atomic E-state index is 0.0724. The molecule has 1 heterocycles. The SMILES string of the molecule is NC1Cc2cc(Br)ccc2N(S(=O)(=O)c2ccccc2[N+](=O)[O-])C1. The number of sulfonamides is 1. The summed E-state index contributed by atoms with van der Waals surface area (Å²) in [6, 6.07) is 10.2. The summed E-state index contributed by atoms with van der Waals surface area (Å²) in [7, 11) is -4.10. The van der Waals surface area contributed by atoms with E-state index >= 15 is 0 Å². The molecule has 2 N–H and O–H groups in total. The van der Waals surface area contributed by atoms with Gasteiger partial charge in [0.05, 0.1) is 10.6 Å². The lowest BCUT2D eigenvalue weighted by atomic mass is 10.0. The van der Waals surface area contributed by atoms with E-state index < -0.39 is 20.6 Å². The molecule has 0 amide bonds. The van der Waals surface area contributed by atoms with Gasteiger partial charge in [0.1, 0.15) is 0 Å². The second-order valence-electron chi connectivity index (χ2n) is 5.50. The number of hydrogen-bond acceptors (Lipinski definition) is 5. The lowest BCUT2D eigenvalue weighted by Crippen LogP contribution is -2.46. The summed E-state index contributed by atoms with van der Waals surface area (Å²) in [5.41, 5.74) is 6.84. The Labute approximate surface area is 147 Å². The molecule has 1 atom stereocenters. The second-order valence-corrected chi connectivity index (χ2v) is 8.24. The molecule has 1 aliphatic heterocycles. The van der Waals surface area contributed by atoms with Gasteiger partial charge in [-0.05, 0) is 36.2 Å². The van der Waals surface area contributed by atoms with Gasteiger partial charge in [0.25, 0.3) is 15.7 Å². The van der Waals surface area contributed by atoms with Gasteiger partial charge in [0.2, 0.25) is 0 Å². The van der Waals surface area contributed by atoms with E-state index in [4.69, 9.17) is 5.73 Å². The van der Waals surface area contributed by atoms with E-state index in [2.05, 4.69) is 15.9 Å². The highest BCUT2D eigenvalue weighted by molar-refractivity contribution is 9.10. The minimum Gasteiger partial charge on any atom is -0.326 e. The van der Waals surface area contributed by atoms with E-state index in [1.807, 2.05) is 6.07 Å². The molecule has 0 saturated carbocycles. The number of anilines is 1. The zero-order chi connectivity index (χ0) is 17.5. The molecule has 0 saturated heterocycles. The largest absolute Gasteiger partial charge is 0.326 e. The normalized spacial score (nSPS) is 17.4. The number of para-hydroxylation sites is 1. The van der Waals surface area contributed by atoms with Crippen LogP contribution in [0.15, 0.2) is 51.8 Å². The van der Waals surface area contributed by atoms with Gasteiger partial charge in [0, 0.05) is 23.1 Å². The Morgan fingerprint density at radius 1 is 1.25 bits per heavy atom. The standard InChI is InChI=1S/C15H14BrN3O4S/c16-11-5-6-13-10(7-11)8-12(17)9-18(13)24(22,23)15-4-2-1-3-14(15)19(20)21/h1-7,12H,8-9,17H2. The van der Waals surface area contributed by atoms with Crippen LogP contribution in [0.25, 0.3) is 0 Å². The van der Waals surface area contributed by atoms with Crippen LogP contribution in [0.2, 0.25) is 0 Å². The van der Waals surface area contributed by atoms with Crippen LogP contribution in [0, 0.1) is 10.1 Å². The average molecular weight is 412 g/mol. The molecule has 2 aromatic carbocycles. The van der Waals surface area contributed by atoms with Crippen molar-refractivity contribution < 1.29 is 13.3 Å². The summed E-state index contributed by atoms with van der Waals surface area (Å²) in [6.07, 6.45) is 0.539. The highest BCUT2D eigenvalue weighted by atomic mass is 79.9. The summed E-state index contributed by atoms with van der Waals surface area (Å²) < 4.78 is 28.1. The molecule has 0 aliphatic carbocycles. The number of nitro groups is 1. The topological polar surface area (TPSA) is 107 Å². The molecule has 0 aromatic heterocycles. The van der Waals surface area contributed by atoms with Gasteiger partial charge in [-0.25, -0.2) is 8.42 Å². The Balaban J connectivity index is 2.17. The quantitative estimate of drug-likeness (QED) is 0.616. The summed E-state index contributed by atoms with van der Waals surface area (Å²) >= 11 is 3.36. The van der Waals surface area contributed by atoms with E-state index in [1.165, 1.54) is 24.3 Å². The maximum atomic E-state index is 13.1. The van der Waals surface area contributed by atoms with Crippen molar-refractivity contribution in [2.24, 2.45) is 5.73 Å². The molecular weight excluding hydrogens is 398 g/mol. The van der Waals surface area contributed by atoms with Crippen LogP contribution in [0.4, 0.5) is 11.4 Å². The van der Waals surface area contributed by atoms with Crippen molar-refractivity contribution in [1.82, 2.24) is 0 Å². The number of hydrogen-bond donors (Lipinski definition) is 1. The smallest absolute Gasteiger partial charge is 0.289 e. The molecule has 2 aromatic rings. The second kappa shape index (κ2) is 6.15. The van der Waals surface area contributed by atoms with E-state index in [9.17, 15) is 18.5 Å². The first-order valence-electron chi connectivity index (χ1n) is 7.11. The summed E-state index contributed by atoms with van der Waals surface area (Å²) in [4.78, 5) is 10.2. The maximum absolute atomic E-state index is 13.1. The molecular formula is C15H14BrN3O4S. The molecule has 0 fully saturated rings. The van der Waals surface area contributed by atoms with Crippen LogP contribution < -0.4 is 10.0 Å². The number of rotatable bonds is 3. The fraction of sp³-hybridized carbons (Fsp3) is 0.200. The highest BCUT2D eigenvalue weighted by Crippen LogP contribution is 2.35. The van der Waals surface area contributed by atoms with Gasteiger partial charge < -0.3 is 5.73 Å². The number of nitro benzene ring substituents is 1. The van der Waals surface area contributed by atoms with E-state index in [1.54, 1.807) is 12.1 Å². The molecule has 24 heavy (non-hydrogen) atoms. The van der Waals surface area contributed by atoms with Crippen molar-refractivity contribution in [2.75, 3.05) is 10.8 Å². The van der Waals surface area contributed by atoms with Crippen LogP contribution in [0.3, 0.4) is 0 Å². The molecule has 1 aliphatic rings. The Bertz CT molecular complexity index is 917.